The third-order valence-corrected chi connectivity index (χ3v) is 3.03. The Labute approximate surface area is 124 Å². The molecule has 6 heteroatoms. The monoisotopic (exact) mass is 290 g/mol. The van der Waals surface area contributed by atoms with Gasteiger partial charge in [0.05, 0.1) is 6.61 Å². The second-order valence-electron chi connectivity index (χ2n) is 4.98. The highest BCUT2D eigenvalue weighted by Gasteiger charge is 2.09. The molecule has 6 nitrogen and oxygen atoms in total. The molecule has 0 saturated heterocycles. The van der Waals surface area contributed by atoms with Gasteiger partial charge in [-0.1, -0.05) is 6.07 Å². The van der Waals surface area contributed by atoms with Gasteiger partial charge in [0.25, 0.3) is 0 Å². The van der Waals surface area contributed by atoms with E-state index in [4.69, 9.17) is 15.2 Å². The molecule has 114 valence electrons. The maximum atomic E-state index is 5.84. The number of aromatic nitrogens is 3. The van der Waals surface area contributed by atoms with Crippen molar-refractivity contribution in [2.75, 3.05) is 6.61 Å². The maximum Gasteiger partial charge on any atom is 0.164 e. The lowest BCUT2D eigenvalue weighted by molar-refractivity contribution is 0.259. The van der Waals surface area contributed by atoms with Crippen LogP contribution in [0.25, 0.3) is 0 Å². The van der Waals surface area contributed by atoms with E-state index < -0.39 is 0 Å². The summed E-state index contributed by atoms with van der Waals surface area (Å²) in [6.07, 6.45) is 2.32. The van der Waals surface area contributed by atoms with Crippen LogP contribution in [-0.2, 0) is 20.1 Å². The number of nitrogens with two attached hydrogens (primary N) is 1. The van der Waals surface area contributed by atoms with Crippen LogP contribution in [0.2, 0.25) is 0 Å². The minimum atomic E-state index is 0.116. The van der Waals surface area contributed by atoms with E-state index in [1.165, 1.54) is 6.33 Å². The SMILES string of the molecule is CCOc1cc(CC(C)N)ccc1OCc1ncnn1C. The zero-order valence-corrected chi connectivity index (χ0v) is 12.7. The van der Waals surface area contributed by atoms with Gasteiger partial charge in [-0.25, -0.2) is 4.98 Å². The summed E-state index contributed by atoms with van der Waals surface area (Å²) in [5, 5.41) is 4.01. The predicted octanol–water partition coefficient (Wildman–Crippen LogP) is 1.68. The molecule has 1 heterocycles. The van der Waals surface area contributed by atoms with Crippen LogP contribution < -0.4 is 15.2 Å². The number of hydrogen-bond acceptors (Lipinski definition) is 5. The van der Waals surface area contributed by atoms with E-state index in [1.54, 1.807) is 4.68 Å². The van der Waals surface area contributed by atoms with E-state index in [1.807, 2.05) is 39.1 Å². The molecule has 0 aliphatic carbocycles. The van der Waals surface area contributed by atoms with Crippen LogP contribution in [0.5, 0.6) is 11.5 Å². The van der Waals surface area contributed by atoms with E-state index in [9.17, 15) is 0 Å². The maximum absolute atomic E-state index is 5.84. The van der Waals surface area contributed by atoms with Crippen molar-refractivity contribution in [1.82, 2.24) is 14.8 Å². The van der Waals surface area contributed by atoms with Gasteiger partial charge in [-0.05, 0) is 38.0 Å². The van der Waals surface area contributed by atoms with Gasteiger partial charge in [0.2, 0.25) is 0 Å². The predicted molar refractivity (Wildman–Crippen MR) is 80.3 cm³/mol. The average Bonchev–Trinajstić information content (AvgIpc) is 2.83. The van der Waals surface area contributed by atoms with Gasteiger partial charge in [0.1, 0.15) is 12.9 Å². The number of nitrogens with zero attached hydrogens (tertiary/aromatic N) is 3. The van der Waals surface area contributed by atoms with E-state index in [2.05, 4.69) is 10.1 Å². The largest absolute Gasteiger partial charge is 0.490 e. The third-order valence-electron chi connectivity index (χ3n) is 3.03. The van der Waals surface area contributed by atoms with Crippen LogP contribution in [0.3, 0.4) is 0 Å². The number of aryl methyl sites for hydroxylation is 1. The van der Waals surface area contributed by atoms with Gasteiger partial charge in [-0.15, -0.1) is 0 Å². The lowest BCUT2D eigenvalue weighted by atomic mass is 10.1. The fourth-order valence-electron chi connectivity index (χ4n) is 2.03. The smallest absolute Gasteiger partial charge is 0.164 e. The molecule has 0 bridgehead atoms. The molecule has 1 aromatic heterocycles. The summed E-state index contributed by atoms with van der Waals surface area (Å²) in [7, 11) is 1.83. The van der Waals surface area contributed by atoms with Gasteiger partial charge >= 0.3 is 0 Å². The molecule has 0 amide bonds. The Morgan fingerprint density at radius 3 is 2.71 bits per heavy atom. The van der Waals surface area contributed by atoms with Crippen molar-refractivity contribution >= 4 is 0 Å². The highest BCUT2D eigenvalue weighted by Crippen LogP contribution is 2.29. The van der Waals surface area contributed by atoms with E-state index >= 15 is 0 Å². The lowest BCUT2D eigenvalue weighted by Crippen LogP contribution is -2.17. The van der Waals surface area contributed by atoms with Gasteiger partial charge in [0, 0.05) is 13.1 Å². The second-order valence-corrected chi connectivity index (χ2v) is 4.98. The van der Waals surface area contributed by atoms with Crippen molar-refractivity contribution in [2.24, 2.45) is 12.8 Å². The first-order valence-corrected chi connectivity index (χ1v) is 7.07. The molecule has 2 aromatic rings. The summed E-state index contributed by atoms with van der Waals surface area (Å²) in [6, 6.07) is 6.03. The van der Waals surface area contributed by atoms with Crippen molar-refractivity contribution in [2.45, 2.75) is 32.9 Å². The lowest BCUT2D eigenvalue weighted by Gasteiger charge is -2.14. The van der Waals surface area contributed by atoms with Gasteiger partial charge in [0.15, 0.2) is 17.3 Å². The quantitative estimate of drug-likeness (QED) is 0.839. The third kappa shape index (κ3) is 4.19. The Kier molecular flexibility index (Phi) is 5.16. The van der Waals surface area contributed by atoms with Crippen LogP contribution in [0.1, 0.15) is 25.2 Å². The molecule has 1 unspecified atom stereocenters. The Bertz CT molecular complexity index is 581. The summed E-state index contributed by atoms with van der Waals surface area (Å²) < 4.78 is 13.1. The topological polar surface area (TPSA) is 75.2 Å². The molecule has 1 aromatic carbocycles. The van der Waals surface area contributed by atoms with E-state index in [-0.39, 0.29) is 6.04 Å². The number of hydrogen-bond donors (Lipinski definition) is 1. The van der Waals surface area contributed by atoms with Crippen LogP contribution in [0, 0.1) is 0 Å². The summed E-state index contributed by atoms with van der Waals surface area (Å²) >= 11 is 0. The Hall–Kier alpha value is -2.08. The molecule has 0 spiro atoms. The molecule has 0 radical (unpaired) electrons. The number of rotatable bonds is 7. The fourth-order valence-corrected chi connectivity index (χ4v) is 2.03. The van der Waals surface area contributed by atoms with Crippen molar-refractivity contribution in [3.63, 3.8) is 0 Å². The van der Waals surface area contributed by atoms with Crippen molar-refractivity contribution < 1.29 is 9.47 Å². The van der Waals surface area contributed by atoms with Crippen LogP contribution in [0.15, 0.2) is 24.5 Å². The highest BCUT2D eigenvalue weighted by molar-refractivity contribution is 5.43. The first-order valence-electron chi connectivity index (χ1n) is 7.07. The molecule has 1 atom stereocenters. The number of benzene rings is 1. The average molecular weight is 290 g/mol. The Morgan fingerprint density at radius 2 is 2.10 bits per heavy atom. The molecule has 2 rings (SSSR count). The zero-order chi connectivity index (χ0) is 15.2. The van der Waals surface area contributed by atoms with Gasteiger partial charge < -0.3 is 15.2 Å². The molecule has 0 aliphatic heterocycles. The Balaban J connectivity index is 2.12. The van der Waals surface area contributed by atoms with Crippen LogP contribution >= 0.6 is 0 Å². The van der Waals surface area contributed by atoms with Crippen LogP contribution in [-0.4, -0.2) is 27.4 Å². The minimum Gasteiger partial charge on any atom is -0.490 e. The first-order chi connectivity index (χ1) is 10.1. The minimum absolute atomic E-state index is 0.116. The van der Waals surface area contributed by atoms with Gasteiger partial charge in [-0.3, -0.25) is 4.68 Å². The number of ether oxygens (including phenoxy) is 2. The highest BCUT2D eigenvalue weighted by atomic mass is 16.5. The Morgan fingerprint density at radius 1 is 1.29 bits per heavy atom. The van der Waals surface area contributed by atoms with Crippen molar-refractivity contribution in [1.29, 1.82) is 0 Å². The molecule has 21 heavy (non-hydrogen) atoms. The molecule has 0 fully saturated rings. The summed E-state index contributed by atoms with van der Waals surface area (Å²) in [6.45, 7) is 4.87. The van der Waals surface area contributed by atoms with E-state index in [0.717, 1.165) is 23.6 Å². The summed E-state index contributed by atoms with van der Waals surface area (Å²) in [5.74, 6) is 2.20. The first kappa shape index (κ1) is 15.3. The normalized spacial score (nSPS) is 12.2. The molecule has 0 saturated carbocycles. The molecule has 2 N–H and O–H groups in total. The van der Waals surface area contributed by atoms with Crippen molar-refractivity contribution in [3.8, 4) is 11.5 Å². The summed E-state index contributed by atoms with van der Waals surface area (Å²) in [5.41, 5.74) is 6.97. The molecule has 0 aliphatic rings. The molecular formula is C15H22N4O2. The van der Waals surface area contributed by atoms with Gasteiger partial charge in [-0.2, -0.15) is 5.10 Å². The van der Waals surface area contributed by atoms with Crippen molar-refractivity contribution in [3.05, 3.63) is 35.9 Å². The second kappa shape index (κ2) is 7.08. The summed E-state index contributed by atoms with van der Waals surface area (Å²) in [4.78, 5) is 4.13. The zero-order valence-electron chi connectivity index (χ0n) is 12.7. The fraction of sp³-hybridized carbons (Fsp3) is 0.467. The standard InChI is InChI=1S/C15H22N4O2/c1-4-20-14-8-12(7-11(2)16)5-6-13(14)21-9-15-17-10-18-19(15)3/h5-6,8,10-11H,4,7,9,16H2,1-3H3. The van der Waals surface area contributed by atoms with Crippen LogP contribution in [0.4, 0.5) is 0 Å². The molecular weight excluding hydrogens is 268 g/mol. The van der Waals surface area contributed by atoms with E-state index in [0.29, 0.717) is 19.0 Å².